The van der Waals surface area contributed by atoms with Crippen LogP contribution in [0.2, 0.25) is 5.02 Å². The molecule has 6 nitrogen and oxygen atoms in total. The zero-order valence-corrected chi connectivity index (χ0v) is 15.6. The molecule has 1 aromatic heterocycles. The number of hydrogen-bond acceptors (Lipinski definition) is 5. The number of pyridine rings is 1. The van der Waals surface area contributed by atoms with Gasteiger partial charge in [-0.05, 0) is 31.2 Å². The minimum absolute atomic E-state index is 0.0942. The summed E-state index contributed by atoms with van der Waals surface area (Å²) in [4.78, 5) is 32.5. The zero-order chi connectivity index (χ0) is 19.4. The molecule has 8 heteroatoms. The molecular weight excluding hydrogens is 373 g/mol. The molecule has 0 bridgehead atoms. The van der Waals surface area contributed by atoms with E-state index in [1.54, 1.807) is 30.2 Å². The molecule has 1 fully saturated rings. The highest BCUT2D eigenvalue weighted by Crippen LogP contribution is 2.24. The van der Waals surface area contributed by atoms with Gasteiger partial charge in [0.05, 0.1) is 17.2 Å². The van der Waals surface area contributed by atoms with Gasteiger partial charge in [-0.1, -0.05) is 17.7 Å². The molecule has 1 saturated heterocycles. The lowest BCUT2D eigenvalue weighted by molar-refractivity contribution is 0.0525. The predicted octanol–water partition coefficient (Wildman–Crippen LogP) is 3.01. The highest BCUT2D eigenvalue weighted by molar-refractivity contribution is 6.33. The van der Waals surface area contributed by atoms with Gasteiger partial charge in [0, 0.05) is 32.4 Å². The number of carbonyl (C=O) groups is 2. The molecule has 0 atom stereocenters. The largest absolute Gasteiger partial charge is 0.462 e. The molecule has 0 N–H and O–H groups in total. The van der Waals surface area contributed by atoms with Crippen LogP contribution in [-0.2, 0) is 4.74 Å². The van der Waals surface area contributed by atoms with E-state index in [1.807, 2.05) is 4.90 Å². The lowest BCUT2D eigenvalue weighted by Gasteiger charge is -2.36. The van der Waals surface area contributed by atoms with Crippen molar-refractivity contribution in [1.82, 2.24) is 9.88 Å². The Labute approximate surface area is 161 Å². The van der Waals surface area contributed by atoms with Crippen molar-refractivity contribution >= 4 is 29.3 Å². The summed E-state index contributed by atoms with van der Waals surface area (Å²) in [5.74, 6) is -0.988. The van der Waals surface area contributed by atoms with Crippen molar-refractivity contribution in [3.63, 3.8) is 0 Å². The third-order valence-electron chi connectivity index (χ3n) is 4.33. The van der Waals surface area contributed by atoms with E-state index in [0.717, 1.165) is 0 Å². The maximum Gasteiger partial charge on any atom is 0.341 e. The molecule has 0 unspecified atom stereocenters. The number of nitrogens with zero attached hydrogens (tertiary/aromatic N) is 3. The number of aromatic nitrogens is 1. The minimum atomic E-state index is -0.635. The molecule has 0 spiro atoms. The molecule has 1 aromatic carbocycles. The first kappa shape index (κ1) is 19.1. The van der Waals surface area contributed by atoms with Crippen molar-refractivity contribution in [3.05, 3.63) is 58.5 Å². The van der Waals surface area contributed by atoms with Gasteiger partial charge in [0.2, 0.25) is 0 Å². The highest BCUT2D eigenvalue weighted by Gasteiger charge is 2.28. The fraction of sp³-hybridized carbons (Fsp3) is 0.316. The third-order valence-corrected chi connectivity index (χ3v) is 4.64. The maximum absolute atomic E-state index is 14.0. The van der Waals surface area contributed by atoms with Gasteiger partial charge < -0.3 is 14.5 Å². The monoisotopic (exact) mass is 391 g/mol. The van der Waals surface area contributed by atoms with E-state index in [9.17, 15) is 14.0 Å². The average molecular weight is 392 g/mol. The van der Waals surface area contributed by atoms with E-state index in [-0.39, 0.29) is 17.2 Å². The average Bonchev–Trinajstić information content (AvgIpc) is 2.68. The summed E-state index contributed by atoms with van der Waals surface area (Å²) in [6.45, 7) is 3.66. The number of anilines is 1. The molecule has 2 heterocycles. The predicted molar refractivity (Wildman–Crippen MR) is 99.7 cm³/mol. The van der Waals surface area contributed by atoms with Crippen molar-refractivity contribution in [2.75, 3.05) is 37.7 Å². The van der Waals surface area contributed by atoms with E-state index in [1.165, 1.54) is 18.2 Å². The summed E-state index contributed by atoms with van der Waals surface area (Å²) < 4.78 is 19.1. The Bertz CT molecular complexity index is 834. The lowest BCUT2D eigenvalue weighted by atomic mass is 10.1. The van der Waals surface area contributed by atoms with Crippen molar-refractivity contribution in [1.29, 1.82) is 0 Å². The van der Waals surface area contributed by atoms with Gasteiger partial charge in [-0.3, -0.25) is 4.79 Å². The summed E-state index contributed by atoms with van der Waals surface area (Å²) in [7, 11) is 0. The minimum Gasteiger partial charge on any atom is -0.462 e. The number of ether oxygens (including phenoxy) is 1. The second kappa shape index (κ2) is 8.35. The molecule has 0 radical (unpaired) electrons. The van der Waals surface area contributed by atoms with Crippen LogP contribution < -0.4 is 4.90 Å². The molecule has 1 aliphatic heterocycles. The number of piperazine rings is 1. The van der Waals surface area contributed by atoms with Crippen LogP contribution >= 0.6 is 11.6 Å². The van der Waals surface area contributed by atoms with Gasteiger partial charge >= 0.3 is 5.97 Å². The van der Waals surface area contributed by atoms with Crippen LogP contribution in [0.3, 0.4) is 0 Å². The van der Waals surface area contributed by atoms with Gasteiger partial charge in [-0.25, -0.2) is 14.2 Å². The molecular formula is C19H19ClFN3O3. The second-order valence-electron chi connectivity index (χ2n) is 5.97. The Kier molecular flexibility index (Phi) is 5.91. The molecule has 27 heavy (non-hydrogen) atoms. The fourth-order valence-electron chi connectivity index (χ4n) is 3.00. The first-order valence-electron chi connectivity index (χ1n) is 8.63. The Balaban J connectivity index is 1.73. The quantitative estimate of drug-likeness (QED) is 0.750. The first-order valence-corrected chi connectivity index (χ1v) is 9.01. The normalized spacial score (nSPS) is 14.2. The standard InChI is InChI=1S/C19H19ClFN3O3/c1-2-27-19(26)13-5-4-8-22-17(13)23-9-11-24(12-10-23)18(25)16-14(20)6-3-7-15(16)21/h3-8H,2,9-12H2,1H3. The number of esters is 1. The van der Waals surface area contributed by atoms with Crippen molar-refractivity contribution in [2.45, 2.75) is 6.92 Å². The molecule has 0 saturated carbocycles. The fourth-order valence-corrected chi connectivity index (χ4v) is 3.24. The Hall–Kier alpha value is -2.67. The van der Waals surface area contributed by atoms with Gasteiger partial charge in [-0.15, -0.1) is 0 Å². The maximum atomic E-state index is 14.0. The van der Waals surface area contributed by atoms with Crippen LogP contribution in [0.25, 0.3) is 0 Å². The zero-order valence-electron chi connectivity index (χ0n) is 14.8. The van der Waals surface area contributed by atoms with Crippen LogP contribution in [-0.4, -0.2) is 54.5 Å². The van der Waals surface area contributed by atoms with Crippen LogP contribution in [0.1, 0.15) is 27.6 Å². The van der Waals surface area contributed by atoms with E-state index in [2.05, 4.69) is 4.98 Å². The van der Waals surface area contributed by atoms with Crippen molar-refractivity contribution < 1.29 is 18.7 Å². The van der Waals surface area contributed by atoms with E-state index >= 15 is 0 Å². The SMILES string of the molecule is CCOC(=O)c1cccnc1N1CCN(C(=O)c2c(F)cccc2Cl)CC1. The summed E-state index contributed by atoms with van der Waals surface area (Å²) in [6, 6.07) is 7.51. The molecule has 3 rings (SSSR count). The molecule has 142 valence electrons. The summed E-state index contributed by atoms with van der Waals surface area (Å²) in [5.41, 5.74) is 0.272. The van der Waals surface area contributed by atoms with Gasteiger partial charge in [0.25, 0.3) is 5.91 Å². The number of carbonyl (C=O) groups excluding carboxylic acids is 2. The molecule has 1 amide bonds. The summed E-state index contributed by atoms with van der Waals surface area (Å²) in [6.07, 6.45) is 1.61. The van der Waals surface area contributed by atoms with Gasteiger partial charge in [-0.2, -0.15) is 0 Å². The second-order valence-corrected chi connectivity index (χ2v) is 6.38. The van der Waals surface area contributed by atoms with Crippen LogP contribution in [0.15, 0.2) is 36.5 Å². The topological polar surface area (TPSA) is 62.7 Å². The summed E-state index contributed by atoms with van der Waals surface area (Å²) in [5, 5.41) is 0.0942. The molecule has 1 aliphatic rings. The number of rotatable bonds is 4. The number of hydrogen-bond donors (Lipinski definition) is 0. The van der Waals surface area contributed by atoms with Crippen molar-refractivity contribution in [2.24, 2.45) is 0 Å². The van der Waals surface area contributed by atoms with Gasteiger partial charge in [0.1, 0.15) is 17.2 Å². The molecule has 0 aliphatic carbocycles. The Morgan fingerprint density at radius 1 is 1.19 bits per heavy atom. The van der Waals surface area contributed by atoms with Crippen LogP contribution in [0.5, 0.6) is 0 Å². The third kappa shape index (κ3) is 4.03. The highest BCUT2D eigenvalue weighted by atomic mass is 35.5. The van der Waals surface area contributed by atoms with Gasteiger partial charge in [0.15, 0.2) is 0 Å². The Morgan fingerprint density at radius 2 is 1.93 bits per heavy atom. The van der Waals surface area contributed by atoms with E-state index in [0.29, 0.717) is 37.6 Å². The van der Waals surface area contributed by atoms with Crippen LogP contribution in [0, 0.1) is 5.82 Å². The lowest BCUT2D eigenvalue weighted by Crippen LogP contribution is -2.49. The van der Waals surface area contributed by atoms with Crippen LogP contribution in [0.4, 0.5) is 10.2 Å². The van der Waals surface area contributed by atoms with Crippen molar-refractivity contribution in [3.8, 4) is 0 Å². The summed E-state index contributed by atoms with van der Waals surface area (Å²) >= 11 is 5.99. The number of amides is 1. The number of benzene rings is 1. The van der Waals surface area contributed by atoms with E-state index < -0.39 is 17.7 Å². The Morgan fingerprint density at radius 3 is 2.59 bits per heavy atom. The first-order chi connectivity index (χ1) is 13.0. The molecule has 2 aromatic rings. The smallest absolute Gasteiger partial charge is 0.341 e. The number of halogens is 2. The van der Waals surface area contributed by atoms with E-state index in [4.69, 9.17) is 16.3 Å².